The minimum Gasteiger partial charge on any atom is -0.472 e. The molecular formula is C26H27N7O4S. The molecule has 0 saturated carbocycles. The largest absolute Gasteiger partial charge is 0.472 e. The second kappa shape index (κ2) is 10.2. The normalized spacial score (nSPS) is 15.4. The lowest BCUT2D eigenvalue weighted by Crippen LogP contribution is -2.31. The van der Waals surface area contributed by atoms with Crippen molar-refractivity contribution in [1.29, 1.82) is 0 Å². The number of carbonyl (C=O) groups excluding carboxylic acids is 1. The molecule has 1 saturated heterocycles. The number of carbonyl (C=O) groups is 1. The average Bonchev–Trinajstić information content (AvgIpc) is 3.53. The van der Waals surface area contributed by atoms with Gasteiger partial charge in [-0.05, 0) is 37.1 Å². The van der Waals surface area contributed by atoms with E-state index in [1.807, 2.05) is 32.0 Å². The first-order valence-electron chi connectivity index (χ1n) is 12.0. The summed E-state index contributed by atoms with van der Waals surface area (Å²) in [5.74, 6) is -0.0809. The van der Waals surface area contributed by atoms with Crippen LogP contribution in [0.2, 0.25) is 0 Å². The predicted octanol–water partition coefficient (Wildman–Crippen LogP) is 2.98. The summed E-state index contributed by atoms with van der Waals surface area (Å²) in [6.45, 7) is 4.79. The Hall–Kier alpha value is -4.32. The highest BCUT2D eigenvalue weighted by Crippen LogP contribution is 2.30. The van der Waals surface area contributed by atoms with Gasteiger partial charge in [-0.15, -0.1) is 0 Å². The topological polar surface area (TPSA) is 132 Å². The molecule has 0 aliphatic carbocycles. The van der Waals surface area contributed by atoms with Crippen molar-refractivity contribution in [2.24, 2.45) is 7.05 Å². The average molecular weight is 534 g/mol. The second-order valence-electron chi connectivity index (χ2n) is 9.13. The Morgan fingerprint density at radius 1 is 1.11 bits per heavy atom. The number of sulfonamides is 1. The van der Waals surface area contributed by atoms with Crippen LogP contribution in [-0.4, -0.2) is 63.2 Å². The Morgan fingerprint density at radius 2 is 1.89 bits per heavy atom. The maximum absolute atomic E-state index is 13.0. The van der Waals surface area contributed by atoms with Gasteiger partial charge in [0.05, 0.1) is 18.4 Å². The molecule has 11 nitrogen and oxygen atoms in total. The van der Waals surface area contributed by atoms with Gasteiger partial charge in [0.15, 0.2) is 0 Å². The first-order valence-corrected chi connectivity index (χ1v) is 13.5. The maximum Gasteiger partial charge on any atom is 0.272 e. The van der Waals surface area contributed by atoms with Crippen molar-refractivity contribution in [3.8, 4) is 17.1 Å². The molecule has 4 aromatic rings. The van der Waals surface area contributed by atoms with Crippen LogP contribution in [0.25, 0.3) is 11.3 Å². The van der Waals surface area contributed by atoms with E-state index in [2.05, 4.69) is 24.8 Å². The number of aryl methyl sites for hydroxylation is 3. The van der Waals surface area contributed by atoms with E-state index in [0.29, 0.717) is 30.9 Å². The Balaban J connectivity index is 1.44. The monoisotopic (exact) mass is 533 g/mol. The zero-order valence-electron chi connectivity index (χ0n) is 21.2. The molecule has 0 radical (unpaired) electrons. The molecule has 1 atom stereocenters. The lowest BCUT2D eigenvalue weighted by atomic mass is 10.00. The summed E-state index contributed by atoms with van der Waals surface area (Å²) in [6.07, 6.45) is 4.49. The smallest absolute Gasteiger partial charge is 0.272 e. The SMILES string of the molecule is Cc1cccc(C)c1-c1cc(OC2CCN(C(=O)c3ccccn3)C2)nc(NS(=O)(=O)c2cnn(C)c2)n1. The summed E-state index contributed by atoms with van der Waals surface area (Å²) < 4.78 is 36.0. The standard InChI is InChI=1S/C26H27N7O4S/c1-17-7-6-8-18(2)24(17)22-13-23(30-26(29-22)31-38(35,36)20-14-28-32(3)16-20)37-19-10-12-33(15-19)25(34)21-9-4-5-11-27-21/h4-9,11,13-14,16,19H,10,12,15H2,1-3H3,(H,29,30,31). The zero-order valence-corrected chi connectivity index (χ0v) is 22.0. The van der Waals surface area contributed by atoms with E-state index in [1.54, 1.807) is 42.4 Å². The van der Waals surface area contributed by atoms with Crippen LogP contribution in [-0.2, 0) is 17.1 Å². The second-order valence-corrected chi connectivity index (χ2v) is 10.8. The maximum atomic E-state index is 13.0. The summed E-state index contributed by atoms with van der Waals surface area (Å²) in [4.78, 5) is 27.5. The van der Waals surface area contributed by atoms with Crippen molar-refractivity contribution in [2.45, 2.75) is 31.3 Å². The van der Waals surface area contributed by atoms with E-state index in [0.717, 1.165) is 16.7 Å². The molecule has 12 heteroatoms. The Kier molecular flexibility index (Phi) is 6.81. The number of nitrogens with zero attached hydrogens (tertiary/aromatic N) is 6. The molecule has 4 heterocycles. The number of nitrogens with one attached hydrogen (secondary N) is 1. The van der Waals surface area contributed by atoms with Gasteiger partial charge in [-0.25, -0.2) is 18.1 Å². The lowest BCUT2D eigenvalue weighted by molar-refractivity contribution is 0.0765. The Bertz CT molecular complexity index is 1570. The number of aromatic nitrogens is 5. The highest BCUT2D eigenvalue weighted by Gasteiger charge is 2.30. The number of rotatable bonds is 7. The van der Waals surface area contributed by atoms with Gasteiger partial charge < -0.3 is 9.64 Å². The third-order valence-corrected chi connectivity index (χ3v) is 7.54. The number of anilines is 1. The van der Waals surface area contributed by atoms with Crippen molar-refractivity contribution < 1.29 is 17.9 Å². The minimum absolute atomic E-state index is 0.0111. The molecule has 1 aromatic carbocycles. The van der Waals surface area contributed by atoms with Crippen LogP contribution in [0.5, 0.6) is 5.88 Å². The summed E-state index contributed by atoms with van der Waals surface area (Å²) in [5, 5.41) is 3.94. The van der Waals surface area contributed by atoms with Crippen LogP contribution in [0.1, 0.15) is 28.0 Å². The number of pyridine rings is 1. The Labute approximate surface area is 220 Å². The zero-order chi connectivity index (χ0) is 26.9. The summed E-state index contributed by atoms with van der Waals surface area (Å²) in [6, 6.07) is 12.8. The fraction of sp³-hybridized carbons (Fsp3) is 0.269. The van der Waals surface area contributed by atoms with Gasteiger partial charge >= 0.3 is 0 Å². The van der Waals surface area contributed by atoms with Gasteiger partial charge in [-0.2, -0.15) is 10.1 Å². The van der Waals surface area contributed by atoms with Crippen LogP contribution >= 0.6 is 0 Å². The van der Waals surface area contributed by atoms with Crippen LogP contribution in [0, 0.1) is 13.8 Å². The molecular weight excluding hydrogens is 506 g/mol. The summed E-state index contributed by atoms with van der Waals surface area (Å²) in [7, 11) is -2.35. The van der Waals surface area contributed by atoms with E-state index in [4.69, 9.17) is 4.74 Å². The number of likely N-dealkylation sites (tertiary alicyclic amines) is 1. The van der Waals surface area contributed by atoms with E-state index < -0.39 is 10.0 Å². The van der Waals surface area contributed by atoms with Gasteiger partial charge in [0.1, 0.15) is 16.7 Å². The van der Waals surface area contributed by atoms with Crippen molar-refractivity contribution >= 4 is 21.9 Å². The molecule has 1 aliphatic rings. The van der Waals surface area contributed by atoms with Gasteiger partial charge in [0.2, 0.25) is 11.8 Å². The van der Waals surface area contributed by atoms with Gasteiger partial charge in [-0.3, -0.25) is 14.5 Å². The molecule has 1 amide bonds. The molecule has 0 bridgehead atoms. The van der Waals surface area contributed by atoms with Crippen LogP contribution < -0.4 is 9.46 Å². The van der Waals surface area contributed by atoms with Crippen LogP contribution in [0.3, 0.4) is 0 Å². The molecule has 1 unspecified atom stereocenters. The molecule has 5 rings (SSSR count). The fourth-order valence-corrected chi connectivity index (χ4v) is 5.35. The molecule has 1 fully saturated rings. The van der Waals surface area contributed by atoms with Gasteiger partial charge in [0, 0.05) is 44.0 Å². The number of hydrogen-bond donors (Lipinski definition) is 1. The summed E-state index contributed by atoms with van der Waals surface area (Å²) in [5.41, 5.74) is 3.71. The van der Waals surface area contributed by atoms with Crippen LogP contribution in [0.15, 0.2) is 66.0 Å². The third kappa shape index (κ3) is 5.35. The number of amides is 1. The highest BCUT2D eigenvalue weighted by molar-refractivity contribution is 7.92. The highest BCUT2D eigenvalue weighted by atomic mass is 32.2. The van der Waals surface area contributed by atoms with E-state index in [9.17, 15) is 13.2 Å². The first kappa shape index (κ1) is 25.3. The first-order chi connectivity index (χ1) is 18.2. The molecule has 0 spiro atoms. The van der Waals surface area contributed by atoms with Crippen molar-refractivity contribution in [3.05, 3.63) is 77.9 Å². The number of benzene rings is 1. The fourth-order valence-electron chi connectivity index (χ4n) is 4.43. The summed E-state index contributed by atoms with van der Waals surface area (Å²) >= 11 is 0. The van der Waals surface area contributed by atoms with Gasteiger partial charge in [-0.1, -0.05) is 24.3 Å². The van der Waals surface area contributed by atoms with Crippen molar-refractivity contribution in [1.82, 2.24) is 29.6 Å². The van der Waals surface area contributed by atoms with Gasteiger partial charge in [0.25, 0.3) is 15.9 Å². The lowest BCUT2D eigenvalue weighted by Gasteiger charge is -2.18. The predicted molar refractivity (Wildman–Crippen MR) is 140 cm³/mol. The molecule has 38 heavy (non-hydrogen) atoms. The molecule has 3 aromatic heterocycles. The number of hydrogen-bond acceptors (Lipinski definition) is 8. The number of ether oxygens (including phenoxy) is 1. The van der Waals surface area contributed by atoms with Crippen molar-refractivity contribution in [3.63, 3.8) is 0 Å². The van der Waals surface area contributed by atoms with E-state index in [-0.39, 0.29) is 28.7 Å². The third-order valence-electron chi connectivity index (χ3n) is 6.26. The minimum atomic E-state index is -3.98. The molecule has 196 valence electrons. The Morgan fingerprint density at radius 3 is 2.58 bits per heavy atom. The van der Waals surface area contributed by atoms with E-state index in [1.165, 1.54) is 17.1 Å². The van der Waals surface area contributed by atoms with Crippen LogP contribution in [0.4, 0.5) is 5.95 Å². The van der Waals surface area contributed by atoms with Crippen molar-refractivity contribution in [2.75, 3.05) is 17.8 Å². The van der Waals surface area contributed by atoms with E-state index >= 15 is 0 Å². The quantitative estimate of drug-likeness (QED) is 0.383. The molecule has 1 aliphatic heterocycles. The molecule has 1 N–H and O–H groups in total.